The lowest BCUT2D eigenvalue weighted by atomic mass is 10.5. The molecule has 0 aromatic carbocycles. The quantitative estimate of drug-likeness (QED) is 0.496. The lowest BCUT2D eigenvalue weighted by Crippen LogP contribution is -2.72. The summed E-state index contributed by atoms with van der Waals surface area (Å²) in [5, 5.41) is 0. The van der Waals surface area contributed by atoms with Crippen LogP contribution in [0.4, 0.5) is 0 Å². The maximum atomic E-state index is 5.69. The largest absolute Gasteiger partial charge is 0.439 e. The van der Waals surface area contributed by atoms with E-state index < -0.39 is 8.80 Å². The van der Waals surface area contributed by atoms with Crippen molar-refractivity contribution in [1.82, 2.24) is 14.9 Å². The van der Waals surface area contributed by atoms with Gasteiger partial charge < -0.3 is 4.43 Å². The Labute approximate surface area is 70.1 Å². The zero-order valence-corrected chi connectivity index (χ0v) is 8.99. The molecular formula is C6H19N3OSi. The van der Waals surface area contributed by atoms with Gasteiger partial charge in [-0.25, -0.2) is 0 Å². The predicted molar refractivity (Wildman–Crippen MR) is 49.2 cm³/mol. The molecule has 0 saturated heterocycles. The van der Waals surface area contributed by atoms with Crippen LogP contribution in [0, 0.1) is 0 Å². The van der Waals surface area contributed by atoms with Gasteiger partial charge in [0.25, 0.3) is 0 Å². The highest BCUT2D eigenvalue weighted by Crippen LogP contribution is 1.95. The first-order chi connectivity index (χ1) is 5.10. The summed E-state index contributed by atoms with van der Waals surface area (Å²) in [4.78, 5) is 9.42. The molecule has 0 aromatic rings. The molecule has 0 unspecified atom stereocenters. The molecule has 5 heteroatoms. The Morgan fingerprint density at radius 2 is 1.36 bits per heavy atom. The standard InChI is InChI=1S/C6H19N3OSi/c1-6(2)10-11(7-3,8-4)9-5/h6-9H,1-5H3. The molecule has 0 aliphatic carbocycles. The van der Waals surface area contributed by atoms with Crippen LogP contribution >= 0.6 is 0 Å². The van der Waals surface area contributed by atoms with Crippen LogP contribution in [-0.4, -0.2) is 36.0 Å². The first-order valence-electron chi connectivity index (χ1n) is 3.84. The summed E-state index contributed by atoms with van der Waals surface area (Å²) in [5.41, 5.74) is 0. The van der Waals surface area contributed by atoms with Crippen LogP contribution in [0.25, 0.3) is 0 Å². The van der Waals surface area contributed by atoms with Crippen molar-refractivity contribution >= 4 is 8.80 Å². The van der Waals surface area contributed by atoms with Gasteiger partial charge in [-0.1, -0.05) is 0 Å². The Balaban J connectivity index is 4.05. The van der Waals surface area contributed by atoms with Crippen LogP contribution in [0.1, 0.15) is 13.8 Å². The van der Waals surface area contributed by atoms with E-state index in [1.165, 1.54) is 0 Å². The fourth-order valence-corrected chi connectivity index (χ4v) is 2.72. The Hall–Kier alpha value is 0.0569. The van der Waals surface area contributed by atoms with Gasteiger partial charge in [0.05, 0.1) is 0 Å². The van der Waals surface area contributed by atoms with E-state index in [2.05, 4.69) is 14.9 Å². The van der Waals surface area contributed by atoms with E-state index in [0.717, 1.165) is 0 Å². The Morgan fingerprint density at radius 1 is 1.00 bits per heavy atom. The number of hydrogen-bond donors (Lipinski definition) is 3. The third kappa shape index (κ3) is 3.30. The second-order valence-corrected chi connectivity index (χ2v) is 5.70. The molecule has 0 aliphatic heterocycles. The van der Waals surface area contributed by atoms with Gasteiger partial charge in [-0.15, -0.1) is 0 Å². The molecular weight excluding hydrogens is 158 g/mol. The highest BCUT2D eigenvalue weighted by atomic mass is 28.4. The van der Waals surface area contributed by atoms with Gasteiger partial charge in [0.1, 0.15) is 0 Å². The summed E-state index contributed by atoms with van der Waals surface area (Å²) in [7, 11) is 3.64. The Bertz CT molecular complexity index is 97.7. The van der Waals surface area contributed by atoms with Crippen molar-refractivity contribution in [3.8, 4) is 0 Å². The summed E-state index contributed by atoms with van der Waals surface area (Å²) >= 11 is 0. The molecule has 0 radical (unpaired) electrons. The van der Waals surface area contributed by atoms with Crippen LogP contribution in [0.5, 0.6) is 0 Å². The van der Waals surface area contributed by atoms with E-state index in [1.807, 2.05) is 35.0 Å². The van der Waals surface area contributed by atoms with Crippen LogP contribution in [-0.2, 0) is 4.43 Å². The van der Waals surface area contributed by atoms with Gasteiger partial charge in [0.15, 0.2) is 0 Å². The molecule has 11 heavy (non-hydrogen) atoms. The van der Waals surface area contributed by atoms with E-state index in [1.54, 1.807) is 0 Å². The maximum Gasteiger partial charge on any atom is 0.439 e. The smallest absolute Gasteiger partial charge is 0.378 e. The average molecular weight is 177 g/mol. The molecule has 0 bridgehead atoms. The Kier molecular flexibility index (Phi) is 4.86. The monoisotopic (exact) mass is 177 g/mol. The van der Waals surface area contributed by atoms with E-state index >= 15 is 0 Å². The highest BCUT2D eigenvalue weighted by Gasteiger charge is 2.32. The number of nitrogens with one attached hydrogen (secondary N) is 3. The predicted octanol–water partition coefficient (Wildman–Crippen LogP) is -0.495. The molecule has 4 nitrogen and oxygen atoms in total. The van der Waals surface area contributed by atoms with Crippen molar-refractivity contribution in [1.29, 1.82) is 0 Å². The molecule has 0 amide bonds. The highest BCUT2D eigenvalue weighted by molar-refractivity contribution is 6.65. The summed E-state index contributed by atoms with van der Waals surface area (Å²) in [6, 6.07) is 0. The summed E-state index contributed by atoms with van der Waals surface area (Å²) in [6.45, 7) is 4.04. The van der Waals surface area contributed by atoms with Crippen molar-refractivity contribution in [3.63, 3.8) is 0 Å². The number of rotatable bonds is 5. The molecule has 0 atom stereocenters. The molecule has 68 valence electrons. The first kappa shape index (κ1) is 11.1. The third-order valence-corrected chi connectivity index (χ3v) is 4.41. The zero-order chi connectivity index (χ0) is 8.91. The molecule has 0 aromatic heterocycles. The van der Waals surface area contributed by atoms with Crippen molar-refractivity contribution in [2.75, 3.05) is 21.1 Å². The minimum atomic E-state index is -2.03. The average Bonchev–Trinajstić information content (AvgIpc) is 2.00. The lowest BCUT2D eigenvalue weighted by molar-refractivity contribution is 0.207. The normalized spacial score (nSPS) is 12.5. The summed E-state index contributed by atoms with van der Waals surface area (Å²) in [6.07, 6.45) is 0.231. The van der Waals surface area contributed by atoms with Gasteiger partial charge in [-0.3, -0.25) is 14.9 Å². The lowest BCUT2D eigenvalue weighted by Gasteiger charge is -2.29. The van der Waals surface area contributed by atoms with Gasteiger partial charge in [-0.05, 0) is 35.0 Å². The number of hydrogen-bond acceptors (Lipinski definition) is 4. The van der Waals surface area contributed by atoms with Crippen LogP contribution in [0.2, 0.25) is 0 Å². The maximum absolute atomic E-state index is 5.69. The minimum absolute atomic E-state index is 0.231. The van der Waals surface area contributed by atoms with Crippen molar-refractivity contribution < 1.29 is 4.43 Å². The van der Waals surface area contributed by atoms with Crippen molar-refractivity contribution in [2.24, 2.45) is 0 Å². The van der Waals surface area contributed by atoms with Crippen LogP contribution in [0.15, 0.2) is 0 Å². The SMILES string of the molecule is CN[Si](NC)(NC)OC(C)C. The third-order valence-electron chi connectivity index (χ3n) is 1.47. The summed E-state index contributed by atoms with van der Waals surface area (Å²) < 4.78 is 5.69. The topological polar surface area (TPSA) is 45.3 Å². The molecule has 0 spiro atoms. The second kappa shape index (κ2) is 4.84. The summed E-state index contributed by atoms with van der Waals surface area (Å²) in [5.74, 6) is 0. The molecule has 0 heterocycles. The van der Waals surface area contributed by atoms with E-state index in [-0.39, 0.29) is 6.10 Å². The van der Waals surface area contributed by atoms with Crippen LogP contribution in [0.3, 0.4) is 0 Å². The van der Waals surface area contributed by atoms with Gasteiger partial charge >= 0.3 is 8.80 Å². The second-order valence-electron chi connectivity index (χ2n) is 2.60. The van der Waals surface area contributed by atoms with Gasteiger partial charge in [0, 0.05) is 6.10 Å². The van der Waals surface area contributed by atoms with Gasteiger partial charge in [0.2, 0.25) is 0 Å². The fraction of sp³-hybridized carbons (Fsp3) is 1.00. The Morgan fingerprint density at radius 3 is 1.45 bits per heavy atom. The molecule has 0 rings (SSSR count). The van der Waals surface area contributed by atoms with Crippen molar-refractivity contribution in [2.45, 2.75) is 20.0 Å². The van der Waals surface area contributed by atoms with E-state index in [9.17, 15) is 0 Å². The van der Waals surface area contributed by atoms with E-state index in [0.29, 0.717) is 0 Å². The van der Waals surface area contributed by atoms with E-state index in [4.69, 9.17) is 4.43 Å². The fourth-order valence-electron chi connectivity index (χ4n) is 0.905. The zero-order valence-electron chi connectivity index (χ0n) is 7.99. The van der Waals surface area contributed by atoms with Crippen molar-refractivity contribution in [3.05, 3.63) is 0 Å². The first-order valence-corrected chi connectivity index (χ1v) is 5.75. The molecule has 0 fully saturated rings. The molecule has 0 saturated carbocycles. The minimum Gasteiger partial charge on any atom is -0.378 e. The van der Waals surface area contributed by atoms with Crippen LogP contribution < -0.4 is 14.9 Å². The molecule has 0 aliphatic rings. The molecule has 3 N–H and O–H groups in total. The van der Waals surface area contributed by atoms with Gasteiger partial charge in [-0.2, -0.15) is 0 Å².